The molecule has 0 aliphatic rings. The smallest absolute Gasteiger partial charge is 0.305 e. The van der Waals surface area contributed by atoms with Crippen LogP contribution in [0, 0.1) is 0 Å². The van der Waals surface area contributed by atoms with Crippen molar-refractivity contribution in [2.45, 2.75) is 103 Å². The minimum Gasteiger partial charge on any atom is -0.463 e. The number of ether oxygens (including phenoxy) is 2. The van der Waals surface area contributed by atoms with Crippen molar-refractivity contribution < 1.29 is 19.4 Å². The topological polar surface area (TPSA) is 55.8 Å². The van der Waals surface area contributed by atoms with E-state index >= 15 is 0 Å². The molecule has 0 aromatic rings. The fourth-order valence-electron chi connectivity index (χ4n) is 2.79. The summed E-state index contributed by atoms with van der Waals surface area (Å²) in [6.45, 7) is 5.65. The molecular formula is C22H42O4. The van der Waals surface area contributed by atoms with Crippen LogP contribution in [0.4, 0.5) is 0 Å². The first-order valence-electron chi connectivity index (χ1n) is 10.8. The Hall–Kier alpha value is -0.870. The SMILES string of the molecule is CCCCCCC(O)CC=CCCCCCCCC(=O)OCCOCC. The molecule has 0 aromatic heterocycles. The molecule has 4 nitrogen and oxygen atoms in total. The number of esters is 1. The second-order valence-electron chi connectivity index (χ2n) is 6.93. The largest absolute Gasteiger partial charge is 0.463 e. The number of aliphatic hydroxyl groups excluding tert-OH is 1. The van der Waals surface area contributed by atoms with E-state index in [9.17, 15) is 9.90 Å². The Morgan fingerprint density at radius 3 is 2.42 bits per heavy atom. The summed E-state index contributed by atoms with van der Waals surface area (Å²) in [7, 11) is 0. The van der Waals surface area contributed by atoms with E-state index in [1.165, 1.54) is 38.5 Å². The number of carbonyl (C=O) groups excluding carboxylic acids is 1. The van der Waals surface area contributed by atoms with Gasteiger partial charge in [0.1, 0.15) is 6.61 Å². The molecule has 154 valence electrons. The van der Waals surface area contributed by atoms with Crippen LogP contribution >= 0.6 is 0 Å². The highest BCUT2D eigenvalue weighted by Crippen LogP contribution is 2.10. The highest BCUT2D eigenvalue weighted by Gasteiger charge is 2.02. The van der Waals surface area contributed by atoms with Crippen molar-refractivity contribution in [3.05, 3.63) is 12.2 Å². The molecule has 1 atom stereocenters. The summed E-state index contributed by atoms with van der Waals surface area (Å²) in [6.07, 6.45) is 17.9. The van der Waals surface area contributed by atoms with E-state index < -0.39 is 0 Å². The summed E-state index contributed by atoms with van der Waals surface area (Å²) in [5.74, 6) is -0.110. The van der Waals surface area contributed by atoms with E-state index in [2.05, 4.69) is 19.1 Å². The van der Waals surface area contributed by atoms with Gasteiger partial charge < -0.3 is 14.6 Å². The maximum absolute atomic E-state index is 11.5. The Kier molecular flexibility index (Phi) is 19.8. The highest BCUT2D eigenvalue weighted by atomic mass is 16.6. The molecule has 0 saturated carbocycles. The van der Waals surface area contributed by atoms with Crippen LogP contribution < -0.4 is 0 Å². The lowest BCUT2D eigenvalue weighted by Crippen LogP contribution is -2.10. The first kappa shape index (κ1) is 25.1. The van der Waals surface area contributed by atoms with Gasteiger partial charge in [0.25, 0.3) is 0 Å². The molecular weight excluding hydrogens is 328 g/mol. The molecule has 0 spiro atoms. The third-order valence-electron chi connectivity index (χ3n) is 4.41. The maximum Gasteiger partial charge on any atom is 0.305 e. The van der Waals surface area contributed by atoms with Crippen LogP contribution in [0.25, 0.3) is 0 Å². The first-order valence-corrected chi connectivity index (χ1v) is 10.8. The second-order valence-corrected chi connectivity index (χ2v) is 6.93. The van der Waals surface area contributed by atoms with Crippen LogP contribution in [0.1, 0.15) is 97.3 Å². The summed E-state index contributed by atoms with van der Waals surface area (Å²) in [5, 5.41) is 9.88. The summed E-state index contributed by atoms with van der Waals surface area (Å²) in [5.41, 5.74) is 0. The van der Waals surface area contributed by atoms with Crippen LogP contribution in [-0.4, -0.2) is 37.0 Å². The van der Waals surface area contributed by atoms with E-state index in [1.54, 1.807) is 0 Å². The van der Waals surface area contributed by atoms with Gasteiger partial charge in [-0.05, 0) is 39.0 Å². The molecule has 0 saturated heterocycles. The molecule has 0 aliphatic carbocycles. The number of unbranched alkanes of at least 4 members (excludes halogenated alkanes) is 8. The average molecular weight is 371 g/mol. The van der Waals surface area contributed by atoms with Crippen molar-refractivity contribution in [1.29, 1.82) is 0 Å². The van der Waals surface area contributed by atoms with E-state index in [4.69, 9.17) is 9.47 Å². The predicted molar refractivity (Wildman–Crippen MR) is 108 cm³/mol. The monoisotopic (exact) mass is 370 g/mol. The van der Waals surface area contributed by atoms with Crippen molar-refractivity contribution in [3.8, 4) is 0 Å². The van der Waals surface area contributed by atoms with Gasteiger partial charge in [0, 0.05) is 13.0 Å². The van der Waals surface area contributed by atoms with Crippen LogP contribution in [0.15, 0.2) is 12.2 Å². The molecule has 0 radical (unpaired) electrons. The molecule has 1 unspecified atom stereocenters. The van der Waals surface area contributed by atoms with Crippen molar-refractivity contribution >= 4 is 5.97 Å². The maximum atomic E-state index is 11.5. The number of rotatable bonds is 19. The van der Waals surface area contributed by atoms with Crippen molar-refractivity contribution in [2.75, 3.05) is 19.8 Å². The quantitative estimate of drug-likeness (QED) is 0.183. The Balaban J connectivity index is 3.30. The zero-order valence-electron chi connectivity index (χ0n) is 17.2. The third-order valence-corrected chi connectivity index (χ3v) is 4.41. The molecule has 26 heavy (non-hydrogen) atoms. The van der Waals surface area contributed by atoms with Gasteiger partial charge in [-0.25, -0.2) is 0 Å². The van der Waals surface area contributed by atoms with Crippen LogP contribution in [0.3, 0.4) is 0 Å². The molecule has 1 N–H and O–H groups in total. The standard InChI is InChI=1S/C22H42O4/c1-3-5-6-13-16-21(23)17-14-11-9-7-8-10-12-15-18-22(24)26-20-19-25-4-2/h11,14,21,23H,3-10,12-13,15-20H2,1-2H3. The predicted octanol–water partition coefficient (Wildman–Crippen LogP) is 5.57. The molecule has 0 aromatic carbocycles. The highest BCUT2D eigenvalue weighted by molar-refractivity contribution is 5.69. The Labute approximate surface area is 161 Å². The molecule has 0 heterocycles. The van der Waals surface area contributed by atoms with Crippen molar-refractivity contribution in [2.24, 2.45) is 0 Å². The molecule has 0 rings (SSSR count). The van der Waals surface area contributed by atoms with E-state index in [1.807, 2.05) is 6.92 Å². The minimum absolute atomic E-state index is 0.110. The fraction of sp³-hybridized carbons (Fsp3) is 0.864. The normalized spacial score (nSPS) is 12.6. The lowest BCUT2D eigenvalue weighted by atomic mass is 10.1. The Morgan fingerprint density at radius 1 is 0.923 bits per heavy atom. The van der Waals surface area contributed by atoms with Crippen LogP contribution in [0.2, 0.25) is 0 Å². The number of hydrogen-bond acceptors (Lipinski definition) is 4. The average Bonchev–Trinajstić information content (AvgIpc) is 2.64. The van der Waals surface area contributed by atoms with E-state index in [0.29, 0.717) is 26.2 Å². The zero-order chi connectivity index (χ0) is 19.3. The molecule has 0 bridgehead atoms. The van der Waals surface area contributed by atoms with Gasteiger partial charge in [-0.15, -0.1) is 0 Å². The number of aliphatic hydroxyl groups is 1. The van der Waals surface area contributed by atoms with Gasteiger partial charge in [0.2, 0.25) is 0 Å². The molecule has 0 aliphatic heterocycles. The van der Waals surface area contributed by atoms with Gasteiger partial charge in [-0.2, -0.15) is 0 Å². The number of hydrogen-bond donors (Lipinski definition) is 1. The van der Waals surface area contributed by atoms with E-state index in [0.717, 1.165) is 38.5 Å². The fourth-order valence-corrected chi connectivity index (χ4v) is 2.79. The summed E-state index contributed by atoms with van der Waals surface area (Å²) in [4.78, 5) is 11.5. The van der Waals surface area contributed by atoms with Gasteiger partial charge in [0.15, 0.2) is 0 Å². The first-order chi connectivity index (χ1) is 12.7. The van der Waals surface area contributed by atoms with Gasteiger partial charge in [0.05, 0.1) is 12.7 Å². The molecule has 0 amide bonds. The lowest BCUT2D eigenvalue weighted by molar-refractivity contribution is -0.145. The van der Waals surface area contributed by atoms with Crippen LogP contribution in [0.5, 0.6) is 0 Å². The van der Waals surface area contributed by atoms with E-state index in [-0.39, 0.29) is 12.1 Å². The summed E-state index contributed by atoms with van der Waals surface area (Å²) < 4.78 is 10.2. The number of carbonyl (C=O) groups is 1. The Bertz CT molecular complexity index is 328. The van der Waals surface area contributed by atoms with Gasteiger partial charge >= 0.3 is 5.97 Å². The van der Waals surface area contributed by atoms with Gasteiger partial charge in [-0.1, -0.05) is 64.0 Å². The van der Waals surface area contributed by atoms with Crippen LogP contribution in [-0.2, 0) is 14.3 Å². The number of allylic oxidation sites excluding steroid dienone is 1. The molecule has 4 heteroatoms. The second kappa shape index (κ2) is 20.4. The van der Waals surface area contributed by atoms with Gasteiger partial charge in [-0.3, -0.25) is 4.79 Å². The summed E-state index contributed by atoms with van der Waals surface area (Å²) in [6, 6.07) is 0. The zero-order valence-corrected chi connectivity index (χ0v) is 17.2. The van der Waals surface area contributed by atoms with Crippen molar-refractivity contribution in [1.82, 2.24) is 0 Å². The lowest BCUT2D eigenvalue weighted by Gasteiger charge is -2.07. The minimum atomic E-state index is -0.170. The third kappa shape index (κ3) is 19.5. The summed E-state index contributed by atoms with van der Waals surface area (Å²) >= 11 is 0. The Morgan fingerprint density at radius 2 is 1.65 bits per heavy atom. The van der Waals surface area contributed by atoms with Crippen molar-refractivity contribution in [3.63, 3.8) is 0 Å². The molecule has 0 fully saturated rings.